The molecule has 34 heavy (non-hydrogen) atoms. The summed E-state index contributed by atoms with van der Waals surface area (Å²) in [5.74, 6) is 2.56. The van der Waals surface area contributed by atoms with Gasteiger partial charge in [-0.15, -0.1) is 0 Å². The van der Waals surface area contributed by atoms with Crippen molar-refractivity contribution in [1.29, 1.82) is 0 Å². The van der Waals surface area contributed by atoms with Crippen LogP contribution in [-0.4, -0.2) is 41.6 Å². The SMILES string of the molecule is Cc1nc(-c2ccc(-c3cnn4c(N)c(C5CC5)c(C5CC6CCC(C5)N6)nc34)cn2)[nH]c1C. The molecule has 2 saturated heterocycles. The summed E-state index contributed by atoms with van der Waals surface area (Å²) in [6.07, 6.45) is 11.0. The number of imidazole rings is 1. The normalized spacial score (nSPS) is 24.2. The van der Waals surface area contributed by atoms with Crippen LogP contribution in [0.2, 0.25) is 0 Å². The summed E-state index contributed by atoms with van der Waals surface area (Å²) in [5.41, 5.74) is 14.9. The van der Waals surface area contributed by atoms with Crippen LogP contribution in [0.25, 0.3) is 28.3 Å². The molecule has 7 rings (SSSR count). The standard InChI is InChI=1S/C26H30N8/c1-13-14(2)31-25(30-13)21-8-5-16(11-28-21)20-12-29-34-24(27)22(15-3-4-15)23(33-26(20)34)17-9-18-6-7-19(10-17)32-18/h5,8,11-12,15,17-19,32H,3-4,6-7,9-10,27H2,1-2H3,(H,30,31). The minimum absolute atomic E-state index is 0.468. The minimum atomic E-state index is 0.468. The number of piperidine rings is 1. The van der Waals surface area contributed by atoms with Gasteiger partial charge in [-0.25, -0.2) is 9.97 Å². The molecular weight excluding hydrogens is 424 g/mol. The zero-order chi connectivity index (χ0) is 23.0. The van der Waals surface area contributed by atoms with Crippen molar-refractivity contribution in [3.63, 3.8) is 0 Å². The molecule has 0 radical (unpaired) electrons. The number of aryl methyl sites for hydroxylation is 2. The molecular formula is C26H30N8. The van der Waals surface area contributed by atoms with Crippen LogP contribution in [0.1, 0.15) is 73.0 Å². The number of hydrogen-bond acceptors (Lipinski definition) is 6. The molecule has 0 spiro atoms. The summed E-state index contributed by atoms with van der Waals surface area (Å²) in [6.45, 7) is 4.02. The van der Waals surface area contributed by atoms with E-state index < -0.39 is 0 Å². The Bertz CT molecular complexity index is 1360. The zero-order valence-corrected chi connectivity index (χ0v) is 19.7. The highest BCUT2D eigenvalue weighted by atomic mass is 15.3. The van der Waals surface area contributed by atoms with Crippen molar-refractivity contribution in [2.75, 3.05) is 5.73 Å². The number of nitrogens with two attached hydrogens (primary N) is 1. The Balaban J connectivity index is 1.31. The van der Waals surface area contributed by atoms with Gasteiger partial charge < -0.3 is 16.0 Å². The second-order valence-corrected chi connectivity index (χ2v) is 10.4. The van der Waals surface area contributed by atoms with Gasteiger partial charge in [0, 0.05) is 46.6 Å². The summed E-state index contributed by atoms with van der Waals surface area (Å²) in [6, 6.07) is 5.31. The topological polar surface area (TPSA) is 110 Å². The number of nitrogens with one attached hydrogen (secondary N) is 2. The molecule has 4 aromatic rings. The fourth-order valence-corrected chi connectivity index (χ4v) is 5.99. The Morgan fingerprint density at radius 3 is 2.41 bits per heavy atom. The van der Waals surface area contributed by atoms with Crippen molar-refractivity contribution in [2.45, 2.75) is 76.3 Å². The monoisotopic (exact) mass is 454 g/mol. The number of nitrogens with zero attached hydrogens (tertiary/aromatic N) is 5. The van der Waals surface area contributed by atoms with E-state index in [0.717, 1.165) is 58.3 Å². The number of aromatic amines is 1. The maximum absolute atomic E-state index is 6.78. The van der Waals surface area contributed by atoms with Crippen molar-refractivity contribution in [3.05, 3.63) is 47.2 Å². The highest BCUT2D eigenvalue weighted by Gasteiger charge is 2.39. The molecule has 1 aliphatic carbocycles. The lowest BCUT2D eigenvalue weighted by Crippen LogP contribution is -2.37. The fraction of sp³-hybridized carbons (Fsp3) is 0.462. The minimum Gasteiger partial charge on any atom is -0.383 e. The molecule has 0 amide bonds. The number of aromatic nitrogens is 6. The Labute approximate surface area is 198 Å². The van der Waals surface area contributed by atoms with Crippen LogP contribution >= 0.6 is 0 Å². The van der Waals surface area contributed by atoms with E-state index in [1.54, 1.807) is 0 Å². The zero-order valence-electron chi connectivity index (χ0n) is 19.7. The van der Waals surface area contributed by atoms with Crippen LogP contribution in [0.15, 0.2) is 24.5 Å². The number of fused-ring (bicyclic) bond motifs is 3. The lowest BCUT2D eigenvalue weighted by molar-refractivity contribution is 0.357. The molecule has 2 unspecified atom stereocenters. The Hall–Kier alpha value is -3.26. The lowest BCUT2D eigenvalue weighted by Gasteiger charge is -2.30. The molecule has 2 bridgehead atoms. The molecule has 6 heterocycles. The average Bonchev–Trinajstić information content (AvgIpc) is 3.37. The van der Waals surface area contributed by atoms with Gasteiger partial charge in [-0.05, 0) is 64.4 Å². The molecule has 174 valence electrons. The summed E-state index contributed by atoms with van der Waals surface area (Å²) in [7, 11) is 0. The number of hydrogen-bond donors (Lipinski definition) is 3. The largest absolute Gasteiger partial charge is 0.383 e. The van der Waals surface area contributed by atoms with E-state index in [-0.39, 0.29) is 0 Å². The quantitative estimate of drug-likeness (QED) is 0.425. The number of nitrogen functional groups attached to an aromatic ring is 1. The van der Waals surface area contributed by atoms with Crippen LogP contribution in [0.4, 0.5) is 5.82 Å². The maximum atomic E-state index is 6.78. The number of anilines is 1. The van der Waals surface area contributed by atoms with Crippen LogP contribution in [-0.2, 0) is 0 Å². The van der Waals surface area contributed by atoms with Gasteiger partial charge in [0.1, 0.15) is 11.5 Å². The summed E-state index contributed by atoms with van der Waals surface area (Å²) >= 11 is 0. The van der Waals surface area contributed by atoms with Gasteiger partial charge in [-0.3, -0.25) is 4.98 Å². The first-order valence-corrected chi connectivity index (χ1v) is 12.5. The van der Waals surface area contributed by atoms with Crippen LogP contribution in [0.5, 0.6) is 0 Å². The van der Waals surface area contributed by atoms with E-state index >= 15 is 0 Å². The third-order valence-corrected chi connectivity index (χ3v) is 8.04. The van der Waals surface area contributed by atoms with Gasteiger partial charge in [-0.1, -0.05) is 6.07 Å². The molecule has 8 nitrogen and oxygen atoms in total. The van der Waals surface area contributed by atoms with E-state index in [0.29, 0.717) is 23.9 Å². The van der Waals surface area contributed by atoms with E-state index in [4.69, 9.17) is 10.7 Å². The molecule has 3 aliphatic rings. The van der Waals surface area contributed by atoms with E-state index in [2.05, 4.69) is 31.4 Å². The molecule has 1 saturated carbocycles. The third-order valence-electron chi connectivity index (χ3n) is 8.04. The number of H-pyrrole nitrogens is 1. The van der Waals surface area contributed by atoms with Gasteiger partial charge in [0.2, 0.25) is 0 Å². The second kappa shape index (κ2) is 7.37. The smallest absolute Gasteiger partial charge is 0.165 e. The van der Waals surface area contributed by atoms with Crippen LogP contribution < -0.4 is 11.1 Å². The summed E-state index contributed by atoms with van der Waals surface area (Å²) in [5, 5.41) is 8.43. The third kappa shape index (κ3) is 3.15. The number of rotatable bonds is 4. The maximum Gasteiger partial charge on any atom is 0.165 e. The Morgan fingerprint density at radius 1 is 0.971 bits per heavy atom. The second-order valence-electron chi connectivity index (χ2n) is 10.4. The van der Waals surface area contributed by atoms with E-state index in [9.17, 15) is 0 Å². The molecule has 2 aliphatic heterocycles. The van der Waals surface area contributed by atoms with Crippen molar-refractivity contribution in [3.8, 4) is 22.6 Å². The molecule has 4 N–H and O–H groups in total. The average molecular weight is 455 g/mol. The first-order chi connectivity index (χ1) is 16.5. The Morgan fingerprint density at radius 2 is 1.76 bits per heavy atom. The molecule has 2 atom stereocenters. The van der Waals surface area contributed by atoms with Crippen molar-refractivity contribution < 1.29 is 0 Å². The van der Waals surface area contributed by atoms with E-state index in [1.807, 2.05) is 36.8 Å². The van der Waals surface area contributed by atoms with Gasteiger partial charge in [0.05, 0.1) is 17.6 Å². The van der Waals surface area contributed by atoms with Gasteiger partial charge in [0.15, 0.2) is 11.5 Å². The van der Waals surface area contributed by atoms with Crippen molar-refractivity contribution in [1.82, 2.24) is 34.9 Å². The number of pyridine rings is 1. The first-order valence-electron chi connectivity index (χ1n) is 12.5. The lowest BCUT2D eigenvalue weighted by atomic mass is 9.86. The Kier molecular flexibility index (Phi) is 4.37. The van der Waals surface area contributed by atoms with Crippen molar-refractivity contribution >= 4 is 11.5 Å². The summed E-state index contributed by atoms with van der Waals surface area (Å²) in [4.78, 5) is 17.9. The summed E-state index contributed by atoms with van der Waals surface area (Å²) < 4.78 is 1.84. The molecule has 4 aromatic heterocycles. The van der Waals surface area contributed by atoms with Gasteiger partial charge >= 0.3 is 0 Å². The fourth-order valence-electron chi connectivity index (χ4n) is 5.99. The molecule has 0 aromatic carbocycles. The van der Waals surface area contributed by atoms with E-state index in [1.165, 1.54) is 36.9 Å². The first kappa shape index (κ1) is 20.1. The van der Waals surface area contributed by atoms with Crippen LogP contribution in [0.3, 0.4) is 0 Å². The predicted molar refractivity (Wildman–Crippen MR) is 132 cm³/mol. The predicted octanol–water partition coefficient (Wildman–Crippen LogP) is 4.26. The van der Waals surface area contributed by atoms with Crippen LogP contribution in [0, 0.1) is 13.8 Å². The van der Waals surface area contributed by atoms with Crippen molar-refractivity contribution in [2.24, 2.45) is 0 Å². The highest BCUT2D eigenvalue weighted by Crippen LogP contribution is 2.48. The van der Waals surface area contributed by atoms with Gasteiger partial charge in [-0.2, -0.15) is 9.61 Å². The highest BCUT2D eigenvalue weighted by molar-refractivity contribution is 5.79. The molecule has 3 fully saturated rings. The molecule has 8 heteroatoms. The van der Waals surface area contributed by atoms with Gasteiger partial charge in [0.25, 0.3) is 0 Å².